The third-order valence-corrected chi connectivity index (χ3v) is 7.00. The van der Waals surface area contributed by atoms with E-state index in [9.17, 15) is 18.4 Å². The van der Waals surface area contributed by atoms with Crippen molar-refractivity contribution in [2.45, 2.75) is 31.8 Å². The molecule has 0 radical (unpaired) electrons. The second-order valence-electron chi connectivity index (χ2n) is 7.04. The Morgan fingerprint density at radius 3 is 2.39 bits per heavy atom. The monoisotopic (exact) mass is 432 g/mol. The van der Waals surface area contributed by atoms with Crippen molar-refractivity contribution in [3.8, 4) is 5.75 Å². The Labute approximate surface area is 170 Å². The Morgan fingerprint density at radius 1 is 1.18 bits per heavy atom. The molecule has 2 fully saturated rings. The summed E-state index contributed by atoms with van der Waals surface area (Å²) in [6.45, 7) is 1.44. The highest BCUT2D eigenvalue weighted by Crippen LogP contribution is 2.23. The van der Waals surface area contributed by atoms with E-state index in [-0.39, 0.29) is 19.2 Å². The zero-order valence-electron chi connectivity index (χ0n) is 15.5. The molecule has 0 atom stereocenters. The molecule has 2 aliphatic heterocycles. The smallest absolute Gasteiger partial charge is 0.250 e. The third-order valence-electron chi connectivity index (χ3n) is 5.02. The number of ether oxygens (including phenoxy) is 2. The SMILES string of the molecule is O=C(C1CCOCC1)N(O)CS(=O)(=O)N1CCC(Oc2ccc(Cl)cc2)CC1. The summed E-state index contributed by atoms with van der Waals surface area (Å²) in [6, 6.07) is 7.03. The van der Waals surface area contributed by atoms with Gasteiger partial charge < -0.3 is 9.47 Å². The van der Waals surface area contributed by atoms with Crippen LogP contribution in [0.15, 0.2) is 24.3 Å². The van der Waals surface area contributed by atoms with Gasteiger partial charge in [-0.1, -0.05) is 11.6 Å². The maximum atomic E-state index is 12.6. The van der Waals surface area contributed by atoms with Crippen LogP contribution in [-0.4, -0.2) is 67.2 Å². The second-order valence-corrected chi connectivity index (χ2v) is 9.41. The molecule has 1 aromatic rings. The number of amides is 1. The van der Waals surface area contributed by atoms with Gasteiger partial charge in [0.05, 0.1) is 0 Å². The first-order chi connectivity index (χ1) is 13.3. The lowest BCUT2D eigenvalue weighted by Gasteiger charge is -2.32. The Hall–Kier alpha value is -1.39. The molecule has 2 heterocycles. The summed E-state index contributed by atoms with van der Waals surface area (Å²) in [7, 11) is -3.78. The number of carbonyl (C=O) groups is 1. The van der Waals surface area contributed by atoms with E-state index in [0.29, 0.717) is 54.7 Å². The lowest BCUT2D eigenvalue weighted by Crippen LogP contribution is -2.47. The summed E-state index contributed by atoms with van der Waals surface area (Å²) in [5, 5.41) is 11.0. The Kier molecular flexibility index (Phi) is 7.16. The van der Waals surface area contributed by atoms with E-state index in [1.54, 1.807) is 24.3 Å². The molecule has 1 aromatic carbocycles. The van der Waals surface area contributed by atoms with Gasteiger partial charge in [0.2, 0.25) is 15.9 Å². The molecule has 0 aromatic heterocycles. The van der Waals surface area contributed by atoms with Gasteiger partial charge in [0.1, 0.15) is 11.9 Å². The number of halogens is 1. The summed E-state index contributed by atoms with van der Waals surface area (Å²) in [5.74, 6) is -0.999. The number of hydroxylamine groups is 2. The summed E-state index contributed by atoms with van der Waals surface area (Å²) >= 11 is 5.85. The van der Waals surface area contributed by atoms with Crippen LogP contribution in [0.3, 0.4) is 0 Å². The molecule has 28 heavy (non-hydrogen) atoms. The molecule has 8 nitrogen and oxygen atoms in total. The second kappa shape index (κ2) is 9.41. The summed E-state index contributed by atoms with van der Waals surface area (Å²) in [6.07, 6.45) is 1.94. The van der Waals surface area contributed by atoms with Crippen molar-refractivity contribution in [1.29, 1.82) is 0 Å². The number of rotatable bonds is 6. The van der Waals surface area contributed by atoms with Crippen LogP contribution >= 0.6 is 11.6 Å². The van der Waals surface area contributed by atoms with Crippen molar-refractivity contribution in [3.63, 3.8) is 0 Å². The predicted molar refractivity (Wildman–Crippen MR) is 103 cm³/mol. The molecule has 2 aliphatic rings. The van der Waals surface area contributed by atoms with Crippen molar-refractivity contribution >= 4 is 27.5 Å². The fraction of sp³-hybridized carbons (Fsp3) is 0.611. The first-order valence-electron chi connectivity index (χ1n) is 9.33. The quantitative estimate of drug-likeness (QED) is 0.546. The molecule has 2 saturated heterocycles. The standard InChI is InChI=1S/C18H25ClN2O6S/c19-15-1-3-16(4-2-15)27-17-5-9-20(10-6-17)28(24,25)13-21(23)18(22)14-7-11-26-12-8-14/h1-4,14,17,23H,5-13H2. The fourth-order valence-corrected chi connectivity index (χ4v) is 4.88. The average Bonchev–Trinajstić information content (AvgIpc) is 2.70. The molecular formula is C18H25ClN2O6S. The van der Waals surface area contributed by atoms with Crippen LogP contribution in [0.4, 0.5) is 0 Å². The van der Waals surface area contributed by atoms with Gasteiger partial charge in [0, 0.05) is 37.2 Å². The van der Waals surface area contributed by atoms with Gasteiger partial charge in [-0.25, -0.2) is 17.8 Å². The number of sulfonamides is 1. The highest BCUT2D eigenvalue weighted by molar-refractivity contribution is 7.89. The number of piperidine rings is 1. The minimum atomic E-state index is -3.78. The van der Waals surface area contributed by atoms with E-state index < -0.39 is 27.7 Å². The van der Waals surface area contributed by atoms with Gasteiger partial charge in [-0.2, -0.15) is 0 Å². The van der Waals surface area contributed by atoms with E-state index in [4.69, 9.17) is 21.1 Å². The van der Waals surface area contributed by atoms with Crippen LogP contribution in [0.2, 0.25) is 5.02 Å². The number of nitrogens with zero attached hydrogens (tertiary/aromatic N) is 2. The number of hydrogen-bond donors (Lipinski definition) is 1. The van der Waals surface area contributed by atoms with Crippen molar-refractivity contribution in [3.05, 3.63) is 29.3 Å². The zero-order chi connectivity index (χ0) is 20.1. The third kappa shape index (κ3) is 5.57. The molecule has 156 valence electrons. The van der Waals surface area contributed by atoms with Crippen LogP contribution in [0.1, 0.15) is 25.7 Å². The molecule has 0 bridgehead atoms. The minimum absolute atomic E-state index is 0.0956. The van der Waals surface area contributed by atoms with Gasteiger partial charge in [-0.3, -0.25) is 10.0 Å². The summed E-state index contributed by atoms with van der Waals surface area (Å²) in [4.78, 5) is 12.2. The molecule has 0 saturated carbocycles. The highest BCUT2D eigenvalue weighted by Gasteiger charge is 2.33. The van der Waals surface area contributed by atoms with Gasteiger partial charge in [-0.15, -0.1) is 0 Å². The predicted octanol–water partition coefficient (Wildman–Crippen LogP) is 2.11. The van der Waals surface area contributed by atoms with Crippen LogP contribution in [0.25, 0.3) is 0 Å². The molecule has 0 unspecified atom stereocenters. The average molecular weight is 433 g/mol. The molecular weight excluding hydrogens is 408 g/mol. The van der Waals surface area contributed by atoms with Crippen LogP contribution in [0, 0.1) is 5.92 Å². The van der Waals surface area contributed by atoms with E-state index in [1.165, 1.54) is 4.31 Å². The summed E-state index contributed by atoms with van der Waals surface area (Å²) < 4.78 is 37.5. The van der Waals surface area contributed by atoms with Gasteiger partial charge in [0.15, 0.2) is 5.88 Å². The van der Waals surface area contributed by atoms with E-state index in [1.807, 2.05) is 0 Å². The molecule has 0 spiro atoms. The van der Waals surface area contributed by atoms with Crippen LogP contribution < -0.4 is 4.74 Å². The van der Waals surface area contributed by atoms with E-state index in [0.717, 1.165) is 0 Å². The van der Waals surface area contributed by atoms with Crippen LogP contribution in [0.5, 0.6) is 5.75 Å². The van der Waals surface area contributed by atoms with Crippen molar-refractivity contribution < 1.29 is 27.9 Å². The number of carbonyl (C=O) groups excluding carboxylic acids is 1. The first kappa shape index (κ1) is 21.3. The van der Waals surface area contributed by atoms with Gasteiger partial charge in [-0.05, 0) is 49.9 Å². The molecule has 10 heteroatoms. The summed E-state index contributed by atoms with van der Waals surface area (Å²) in [5.41, 5.74) is 0. The van der Waals surface area contributed by atoms with Gasteiger partial charge in [0.25, 0.3) is 0 Å². The molecule has 3 rings (SSSR count). The Morgan fingerprint density at radius 2 is 1.79 bits per heavy atom. The minimum Gasteiger partial charge on any atom is -0.490 e. The van der Waals surface area contributed by atoms with E-state index >= 15 is 0 Å². The highest BCUT2D eigenvalue weighted by atomic mass is 35.5. The van der Waals surface area contributed by atoms with Gasteiger partial charge >= 0.3 is 0 Å². The normalized spacial score (nSPS) is 20.1. The molecule has 0 aliphatic carbocycles. The Balaban J connectivity index is 1.49. The molecule has 1 amide bonds. The maximum absolute atomic E-state index is 12.6. The van der Waals surface area contributed by atoms with Crippen LogP contribution in [-0.2, 0) is 19.6 Å². The fourth-order valence-electron chi connectivity index (χ4n) is 3.39. The first-order valence-corrected chi connectivity index (χ1v) is 11.3. The topological polar surface area (TPSA) is 96.4 Å². The zero-order valence-corrected chi connectivity index (χ0v) is 17.1. The van der Waals surface area contributed by atoms with Crippen molar-refractivity contribution in [2.24, 2.45) is 5.92 Å². The van der Waals surface area contributed by atoms with E-state index in [2.05, 4.69) is 0 Å². The largest absolute Gasteiger partial charge is 0.490 e. The lowest BCUT2D eigenvalue weighted by molar-refractivity contribution is -0.169. The van der Waals surface area contributed by atoms with Crippen molar-refractivity contribution in [1.82, 2.24) is 9.37 Å². The molecule has 1 N–H and O–H groups in total. The van der Waals surface area contributed by atoms with Crippen molar-refractivity contribution in [2.75, 3.05) is 32.2 Å². The maximum Gasteiger partial charge on any atom is 0.250 e. The lowest BCUT2D eigenvalue weighted by atomic mass is 10.00. The Bertz CT molecular complexity index is 759. The number of hydrogen-bond acceptors (Lipinski definition) is 6. The number of benzene rings is 1.